The highest BCUT2D eigenvalue weighted by Crippen LogP contribution is 2.38. The van der Waals surface area contributed by atoms with Crippen LogP contribution in [-0.2, 0) is 6.42 Å². The van der Waals surface area contributed by atoms with Gasteiger partial charge in [-0.2, -0.15) is 0 Å². The third-order valence-electron chi connectivity index (χ3n) is 4.95. The van der Waals surface area contributed by atoms with E-state index >= 15 is 0 Å². The van der Waals surface area contributed by atoms with Crippen molar-refractivity contribution in [1.29, 1.82) is 0 Å². The topological polar surface area (TPSA) is 82.8 Å². The predicted molar refractivity (Wildman–Crippen MR) is 127 cm³/mol. The molecule has 1 heterocycles. The fourth-order valence-corrected chi connectivity index (χ4v) is 3.90. The van der Waals surface area contributed by atoms with Gasteiger partial charge in [0.15, 0.2) is 23.0 Å². The Morgan fingerprint density at radius 1 is 0.970 bits per heavy atom. The van der Waals surface area contributed by atoms with Crippen LogP contribution >= 0.6 is 23.2 Å². The molecular weight excluding hydrogens is 467 g/mol. The van der Waals surface area contributed by atoms with Gasteiger partial charge in [-0.25, -0.2) is 4.98 Å². The number of aromatic nitrogens is 1. The van der Waals surface area contributed by atoms with Crippen LogP contribution in [0.3, 0.4) is 0 Å². The van der Waals surface area contributed by atoms with Crippen molar-refractivity contribution in [2.75, 3.05) is 26.6 Å². The van der Waals surface area contributed by atoms with Gasteiger partial charge in [0.05, 0.1) is 26.4 Å². The number of amides is 1. The maximum Gasteiger partial charge on any atom is 0.255 e. The van der Waals surface area contributed by atoms with E-state index in [0.717, 1.165) is 5.56 Å². The number of fused-ring (bicyclic) bond motifs is 1. The minimum atomic E-state index is -0.313. The Kier molecular flexibility index (Phi) is 6.62. The molecule has 3 aromatic carbocycles. The molecule has 0 fully saturated rings. The molecule has 0 spiro atoms. The highest BCUT2D eigenvalue weighted by Gasteiger charge is 2.17. The summed E-state index contributed by atoms with van der Waals surface area (Å²) in [4.78, 5) is 17.2. The van der Waals surface area contributed by atoms with E-state index < -0.39 is 0 Å². The molecule has 1 N–H and O–H groups in total. The van der Waals surface area contributed by atoms with Crippen LogP contribution in [-0.4, -0.2) is 32.2 Å². The summed E-state index contributed by atoms with van der Waals surface area (Å²) in [6.07, 6.45) is 0.462. The van der Waals surface area contributed by atoms with Crippen LogP contribution in [0.25, 0.3) is 11.1 Å². The zero-order valence-corrected chi connectivity index (χ0v) is 19.6. The summed E-state index contributed by atoms with van der Waals surface area (Å²) in [6, 6.07) is 13.9. The van der Waals surface area contributed by atoms with Crippen LogP contribution in [0.2, 0.25) is 10.0 Å². The number of hydrogen-bond donors (Lipinski definition) is 1. The fraction of sp³-hybridized carbons (Fsp3) is 0.167. The van der Waals surface area contributed by atoms with Crippen molar-refractivity contribution in [3.63, 3.8) is 0 Å². The van der Waals surface area contributed by atoms with Gasteiger partial charge in [0.1, 0.15) is 5.52 Å². The van der Waals surface area contributed by atoms with Crippen molar-refractivity contribution in [2.24, 2.45) is 0 Å². The van der Waals surface area contributed by atoms with E-state index in [4.69, 9.17) is 41.8 Å². The molecule has 0 unspecified atom stereocenters. The summed E-state index contributed by atoms with van der Waals surface area (Å²) in [5.41, 5.74) is 3.07. The average molecular weight is 487 g/mol. The summed E-state index contributed by atoms with van der Waals surface area (Å²) in [5, 5.41) is 3.78. The summed E-state index contributed by atoms with van der Waals surface area (Å²) >= 11 is 12.2. The SMILES string of the molecule is COc1cc(C(=O)Nc2ccc(Cc3nc4cc(Cl)cc(Cl)c4o3)cc2)cc(OC)c1OC. The van der Waals surface area contributed by atoms with Crippen LogP contribution in [0.5, 0.6) is 17.2 Å². The zero-order valence-electron chi connectivity index (χ0n) is 18.1. The molecule has 9 heteroatoms. The lowest BCUT2D eigenvalue weighted by Gasteiger charge is -2.14. The summed E-state index contributed by atoms with van der Waals surface area (Å²) in [7, 11) is 4.50. The number of anilines is 1. The predicted octanol–water partition coefficient (Wildman–Crippen LogP) is 6.00. The number of ether oxygens (including phenoxy) is 3. The molecule has 0 saturated carbocycles. The summed E-state index contributed by atoms with van der Waals surface area (Å²) in [6.45, 7) is 0. The number of oxazole rings is 1. The number of halogens is 2. The van der Waals surface area contributed by atoms with E-state index in [-0.39, 0.29) is 5.91 Å². The Morgan fingerprint density at radius 2 is 1.64 bits per heavy atom. The molecule has 0 saturated heterocycles. The summed E-state index contributed by atoms with van der Waals surface area (Å²) in [5.74, 6) is 1.42. The maximum atomic E-state index is 12.8. The number of nitrogens with one attached hydrogen (secondary N) is 1. The fourth-order valence-electron chi connectivity index (χ4n) is 3.38. The lowest BCUT2D eigenvalue weighted by Crippen LogP contribution is -2.12. The molecule has 1 aromatic heterocycles. The molecule has 7 nitrogen and oxygen atoms in total. The largest absolute Gasteiger partial charge is 0.493 e. The van der Waals surface area contributed by atoms with E-state index in [1.165, 1.54) is 21.3 Å². The highest BCUT2D eigenvalue weighted by atomic mass is 35.5. The Bertz CT molecular complexity index is 1290. The van der Waals surface area contributed by atoms with Crippen LogP contribution < -0.4 is 19.5 Å². The Hall–Kier alpha value is -3.42. The van der Waals surface area contributed by atoms with Gasteiger partial charge in [0.25, 0.3) is 5.91 Å². The van der Waals surface area contributed by atoms with E-state index in [9.17, 15) is 4.79 Å². The first-order valence-corrected chi connectivity index (χ1v) is 10.6. The third kappa shape index (κ3) is 4.84. The molecule has 0 bridgehead atoms. The van der Waals surface area contributed by atoms with E-state index in [1.54, 1.807) is 36.4 Å². The Morgan fingerprint density at radius 3 is 2.24 bits per heavy atom. The van der Waals surface area contributed by atoms with E-state index in [1.807, 2.05) is 12.1 Å². The molecule has 0 aliphatic rings. The lowest BCUT2D eigenvalue weighted by atomic mass is 10.1. The number of carbonyl (C=O) groups excluding carboxylic acids is 1. The van der Waals surface area contributed by atoms with Gasteiger partial charge in [0.2, 0.25) is 5.75 Å². The van der Waals surface area contributed by atoms with Crippen molar-refractivity contribution >= 4 is 45.9 Å². The van der Waals surface area contributed by atoms with Crippen molar-refractivity contribution in [3.05, 3.63) is 75.6 Å². The third-order valence-corrected chi connectivity index (χ3v) is 5.45. The molecule has 4 aromatic rings. The van der Waals surface area contributed by atoms with Gasteiger partial charge < -0.3 is 23.9 Å². The smallest absolute Gasteiger partial charge is 0.255 e. The van der Waals surface area contributed by atoms with Crippen LogP contribution in [0.4, 0.5) is 5.69 Å². The normalized spacial score (nSPS) is 10.8. The van der Waals surface area contributed by atoms with Gasteiger partial charge in [-0.05, 0) is 42.0 Å². The van der Waals surface area contributed by atoms with Crippen molar-refractivity contribution in [2.45, 2.75) is 6.42 Å². The first kappa shape index (κ1) is 22.8. The van der Waals surface area contributed by atoms with Gasteiger partial charge in [0, 0.05) is 22.7 Å². The van der Waals surface area contributed by atoms with Gasteiger partial charge >= 0.3 is 0 Å². The standard InChI is InChI=1S/C24H20Cl2N2O5/c1-30-19-9-14(10-20(31-2)23(19)32-3)24(29)27-16-6-4-13(5-7-16)8-21-28-18-12-15(25)11-17(26)22(18)33-21/h4-7,9-12H,8H2,1-3H3,(H,27,29). The minimum absolute atomic E-state index is 0.313. The second-order valence-electron chi connectivity index (χ2n) is 7.09. The average Bonchev–Trinajstić information content (AvgIpc) is 3.21. The number of carbonyl (C=O) groups is 1. The molecule has 4 rings (SSSR count). The number of rotatable bonds is 7. The lowest BCUT2D eigenvalue weighted by molar-refractivity contribution is 0.102. The second kappa shape index (κ2) is 9.60. The molecule has 0 aliphatic heterocycles. The molecule has 1 amide bonds. The molecule has 33 heavy (non-hydrogen) atoms. The minimum Gasteiger partial charge on any atom is -0.493 e. The second-order valence-corrected chi connectivity index (χ2v) is 7.93. The van der Waals surface area contributed by atoms with E-state index in [0.29, 0.717) is 62.0 Å². The monoisotopic (exact) mass is 486 g/mol. The van der Waals surface area contributed by atoms with Gasteiger partial charge in [-0.15, -0.1) is 0 Å². The molecule has 0 radical (unpaired) electrons. The van der Waals surface area contributed by atoms with Crippen LogP contribution in [0.15, 0.2) is 52.9 Å². The van der Waals surface area contributed by atoms with Crippen molar-refractivity contribution < 1.29 is 23.4 Å². The molecular formula is C24H20Cl2N2O5. The summed E-state index contributed by atoms with van der Waals surface area (Å²) < 4.78 is 21.7. The molecule has 0 aliphatic carbocycles. The number of methoxy groups -OCH3 is 3. The van der Waals surface area contributed by atoms with Crippen molar-refractivity contribution in [3.8, 4) is 17.2 Å². The maximum absolute atomic E-state index is 12.8. The van der Waals surface area contributed by atoms with Crippen molar-refractivity contribution in [1.82, 2.24) is 4.98 Å². The first-order valence-electron chi connectivity index (χ1n) is 9.86. The van der Waals surface area contributed by atoms with Crippen LogP contribution in [0, 0.1) is 0 Å². The van der Waals surface area contributed by atoms with E-state index in [2.05, 4.69) is 10.3 Å². The van der Waals surface area contributed by atoms with Gasteiger partial charge in [-0.1, -0.05) is 35.3 Å². The Labute approximate surface area is 200 Å². The van der Waals surface area contributed by atoms with Crippen LogP contribution in [0.1, 0.15) is 21.8 Å². The molecule has 170 valence electrons. The van der Waals surface area contributed by atoms with Gasteiger partial charge in [-0.3, -0.25) is 4.79 Å². The highest BCUT2D eigenvalue weighted by molar-refractivity contribution is 6.37. The Balaban J connectivity index is 1.49. The number of hydrogen-bond acceptors (Lipinski definition) is 6. The number of benzene rings is 3. The first-order chi connectivity index (χ1) is 15.9. The zero-order chi connectivity index (χ0) is 23.5. The quantitative estimate of drug-likeness (QED) is 0.344. The number of nitrogens with zero attached hydrogens (tertiary/aromatic N) is 1. The molecule has 0 atom stereocenters.